The minimum absolute atomic E-state index is 0.00308. The summed E-state index contributed by atoms with van der Waals surface area (Å²) in [6, 6.07) is 4.48. The average Bonchev–Trinajstić information content (AvgIpc) is 3.17. The van der Waals surface area contributed by atoms with Crippen LogP contribution in [0.5, 0.6) is 0 Å². The van der Waals surface area contributed by atoms with Gasteiger partial charge in [0, 0.05) is 13.2 Å². The van der Waals surface area contributed by atoms with Crippen LogP contribution in [0.15, 0.2) is 23.6 Å². The van der Waals surface area contributed by atoms with Gasteiger partial charge in [-0.05, 0) is 30.4 Å². The van der Waals surface area contributed by atoms with Crippen LogP contribution in [0.1, 0.15) is 18.5 Å². The molecule has 8 heteroatoms. The maximum absolute atomic E-state index is 13.0. The van der Waals surface area contributed by atoms with E-state index in [0.29, 0.717) is 18.0 Å². The second-order valence-corrected chi connectivity index (χ2v) is 5.90. The quantitative estimate of drug-likeness (QED) is 0.926. The summed E-state index contributed by atoms with van der Waals surface area (Å²) < 4.78 is 44.4. The van der Waals surface area contributed by atoms with E-state index >= 15 is 0 Å². The molecule has 1 saturated heterocycles. The van der Waals surface area contributed by atoms with Crippen molar-refractivity contribution in [3.63, 3.8) is 0 Å². The summed E-state index contributed by atoms with van der Waals surface area (Å²) in [4.78, 5) is 8.43. The lowest BCUT2D eigenvalue weighted by Crippen LogP contribution is -2.21. The van der Waals surface area contributed by atoms with Gasteiger partial charge in [0.25, 0.3) is 0 Å². The number of halogens is 3. The highest BCUT2D eigenvalue weighted by Crippen LogP contribution is 2.32. The van der Waals surface area contributed by atoms with Crippen molar-refractivity contribution < 1.29 is 17.9 Å². The first-order valence-electron chi connectivity index (χ1n) is 6.88. The van der Waals surface area contributed by atoms with E-state index in [1.165, 1.54) is 11.3 Å². The van der Waals surface area contributed by atoms with Crippen molar-refractivity contribution in [1.29, 1.82) is 0 Å². The number of rotatable bonds is 4. The maximum Gasteiger partial charge on any atom is 0.433 e. The summed E-state index contributed by atoms with van der Waals surface area (Å²) in [5.74, 6) is -0.0197. The lowest BCUT2D eigenvalue weighted by atomic mass is 10.2. The van der Waals surface area contributed by atoms with Crippen molar-refractivity contribution in [1.82, 2.24) is 9.97 Å². The van der Waals surface area contributed by atoms with Gasteiger partial charge in [-0.3, -0.25) is 0 Å². The van der Waals surface area contributed by atoms with E-state index in [1.807, 2.05) is 0 Å². The Kier molecular flexibility index (Phi) is 4.30. The highest BCUT2D eigenvalue weighted by Gasteiger charge is 2.34. The van der Waals surface area contributed by atoms with Gasteiger partial charge in [-0.2, -0.15) is 13.2 Å². The van der Waals surface area contributed by atoms with E-state index in [1.54, 1.807) is 17.5 Å². The van der Waals surface area contributed by atoms with Crippen molar-refractivity contribution in [2.75, 3.05) is 18.5 Å². The van der Waals surface area contributed by atoms with Crippen LogP contribution in [0.4, 0.5) is 19.1 Å². The van der Waals surface area contributed by atoms with E-state index in [4.69, 9.17) is 4.74 Å². The first kappa shape index (κ1) is 15.2. The molecule has 22 heavy (non-hydrogen) atoms. The number of ether oxygens (including phenoxy) is 1. The molecule has 0 unspecified atom stereocenters. The van der Waals surface area contributed by atoms with Crippen molar-refractivity contribution in [2.45, 2.75) is 25.1 Å². The molecule has 3 rings (SSSR count). The van der Waals surface area contributed by atoms with E-state index in [9.17, 15) is 13.2 Å². The summed E-state index contributed by atoms with van der Waals surface area (Å²) >= 11 is 1.34. The Bertz CT molecular complexity index is 625. The molecule has 0 saturated carbocycles. The molecule has 2 aromatic heterocycles. The molecule has 118 valence electrons. The zero-order chi connectivity index (χ0) is 15.6. The van der Waals surface area contributed by atoms with Gasteiger partial charge in [-0.1, -0.05) is 6.07 Å². The zero-order valence-electron chi connectivity index (χ0n) is 11.6. The summed E-state index contributed by atoms with van der Waals surface area (Å²) in [6.07, 6.45) is -2.64. The number of thiophene rings is 1. The molecule has 1 N–H and O–H groups in total. The first-order chi connectivity index (χ1) is 10.5. The Morgan fingerprint density at radius 1 is 1.36 bits per heavy atom. The smallest absolute Gasteiger partial charge is 0.376 e. The van der Waals surface area contributed by atoms with Gasteiger partial charge in [0.15, 0.2) is 5.69 Å². The molecule has 0 spiro atoms. The molecular weight excluding hydrogens is 315 g/mol. The molecule has 1 aliphatic heterocycles. The molecule has 1 atom stereocenters. The van der Waals surface area contributed by atoms with Crippen LogP contribution in [0.3, 0.4) is 0 Å². The average molecular weight is 329 g/mol. The lowest BCUT2D eigenvalue weighted by Gasteiger charge is -2.13. The predicted octanol–water partition coefficient (Wildman–Crippen LogP) is 3.81. The van der Waals surface area contributed by atoms with Crippen molar-refractivity contribution in [3.8, 4) is 10.6 Å². The first-order valence-corrected chi connectivity index (χ1v) is 7.76. The van der Waals surface area contributed by atoms with Crippen molar-refractivity contribution in [2.24, 2.45) is 0 Å². The fourth-order valence-electron chi connectivity index (χ4n) is 2.23. The number of alkyl halides is 3. The molecule has 4 nitrogen and oxygen atoms in total. The van der Waals surface area contributed by atoms with Gasteiger partial charge in [-0.15, -0.1) is 11.3 Å². The van der Waals surface area contributed by atoms with Crippen molar-refractivity contribution >= 4 is 17.3 Å². The molecular formula is C14H14F3N3OS. The maximum atomic E-state index is 13.0. The van der Waals surface area contributed by atoms with Crippen LogP contribution < -0.4 is 5.32 Å². The number of nitrogens with zero attached hydrogens (tertiary/aromatic N) is 2. The summed E-state index contributed by atoms with van der Waals surface area (Å²) in [5, 5.41) is 4.65. The highest BCUT2D eigenvalue weighted by atomic mass is 32.1. The Morgan fingerprint density at radius 3 is 2.86 bits per heavy atom. The van der Waals surface area contributed by atoms with Gasteiger partial charge in [-0.25, -0.2) is 9.97 Å². The zero-order valence-corrected chi connectivity index (χ0v) is 12.4. The largest absolute Gasteiger partial charge is 0.433 e. The van der Waals surface area contributed by atoms with Crippen LogP contribution in [-0.2, 0) is 10.9 Å². The molecule has 1 fully saturated rings. The minimum atomic E-state index is -4.50. The molecule has 1 aliphatic rings. The van der Waals surface area contributed by atoms with E-state index < -0.39 is 11.9 Å². The third-order valence-corrected chi connectivity index (χ3v) is 4.19. The standard InChI is InChI=1S/C14H14F3N3OS/c15-14(16,17)12-7-10(11-4-2-6-22-11)19-13(20-12)18-8-9-3-1-5-21-9/h2,4,6-7,9H,1,3,5,8H2,(H,18,19,20)/t9-/m0/s1. The van der Waals surface area contributed by atoms with E-state index in [2.05, 4.69) is 15.3 Å². The van der Waals surface area contributed by atoms with Gasteiger partial charge in [0.05, 0.1) is 16.7 Å². The number of nitrogens with one attached hydrogen (secondary N) is 1. The van der Waals surface area contributed by atoms with Gasteiger partial charge >= 0.3 is 6.18 Å². The topological polar surface area (TPSA) is 47.0 Å². The second kappa shape index (κ2) is 6.21. The van der Waals surface area contributed by atoms with Gasteiger partial charge in [0.1, 0.15) is 0 Å². The van der Waals surface area contributed by atoms with E-state index in [0.717, 1.165) is 18.9 Å². The third-order valence-electron chi connectivity index (χ3n) is 3.30. The predicted molar refractivity (Wildman–Crippen MR) is 77.8 cm³/mol. The normalized spacial score (nSPS) is 18.6. The number of aromatic nitrogens is 2. The SMILES string of the molecule is FC(F)(F)c1cc(-c2cccs2)nc(NC[C@@H]2CCCO2)n1. The monoisotopic (exact) mass is 329 g/mol. The highest BCUT2D eigenvalue weighted by molar-refractivity contribution is 7.13. The molecule has 0 bridgehead atoms. The van der Waals surface area contributed by atoms with Gasteiger partial charge in [0.2, 0.25) is 5.95 Å². The van der Waals surface area contributed by atoms with Crippen LogP contribution in [0.25, 0.3) is 10.6 Å². The second-order valence-electron chi connectivity index (χ2n) is 4.95. The summed E-state index contributed by atoms with van der Waals surface area (Å²) in [6.45, 7) is 1.10. The lowest BCUT2D eigenvalue weighted by molar-refractivity contribution is -0.141. The molecule has 0 aliphatic carbocycles. The molecule has 0 radical (unpaired) electrons. The summed E-state index contributed by atoms with van der Waals surface area (Å²) in [7, 11) is 0. The van der Waals surface area contributed by atoms with Crippen LogP contribution >= 0.6 is 11.3 Å². The molecule has 0 aromatic carbocycles. The fraction of sp³-hybridized carbons (Fsp3) is 0.429. The van der Waals surface area contributed by atoms with E-state index in [-0.39, 0.29) is 17.7 Å². The Balaban J connectivity index is 1.86. The van der Waals surface area contributed by atoms with Crippen molar-refractivity contribution in [3.05, 3.63) is 29.3 Å². The van der Waals surface area contributed by atoms with Crippen LogP contribution in [-0.4, -0.2) is 29.2 Å². The third kappa shape index (κ3) is 3.56. The Labute approximate surface area is 129 Å². The fourth-order valence-corrected chi connectivity index (χ4v) is 2.92. The van der Waals surface area contributed by atoms with Crippen LogP contribution in [0, 0.1) is 0 Å². The Morgan fingerprint density at radius 2 is 2.23 bits per heavy atom. The molecule has 2 aromatic rings. The molecule has 0 amide bonds. The van der Waals surface area contributed by atoms with Gasteiger partial charge < -0.3 is 10.1 Å². The molecule has 3 heterocycles. The minimum Gasteiger partial charge on any atom is -0.376 e. The summed E-state index contributed by atoms with van der Waals surface area (Å²) in [5.41, 5.74) is -0.673. The number of hydrogen-bond acceptors (Lipinski definition) is 5. The number of hydrogen-bond donors (Lipinski definition) is 1. The van der Waals surface area contributed by atoms with Crippen LogP contribution in [0.2, 0.25) is 0 Å². The Hall–Kier alpha value is -1.67. The number of anilines is 1.